The van der Waals surface area contributed by atoms with Gasteiger partial charge in [0.05, 0.1) is 23.9 Å². The van der Waals surface area contributed by atoms with E-state index in [1.807, 2.05) is 24.5 Å². The topological polar surface area (TPSA) is 47.3 Å². The number of fused-ring (bicyclic) bond motifs is 1. The van der Waals surface area contributed by atoms with Crippen molar-refractivity contribution in [3.05, 3.63) is 59.7 Å². The molecule has 4 nitrogen and oxygen atoms in total. The maximum absolute atomic E-state index is 13.5. The van der Waals surface area contributed by atoms with Crippen molar-refractivity contribution in [2.75, 3.05) is 6.61 Å². The van der Waals surface area contributed by atoms with Crippen LogP contribution in [0, 0.1) is 19.7 Å². The summed E-state index contributed by atoms with van der Waals surface area (Å²) in [4.78, 5) is 4.36. The quantitative estimate of drug-likeness (QED) is 0.786. The van der Waals surface area contributed by atoms with Crippen molar-refractivity contribution >= 4 is 11.0 Å². The summed E-state index contributed by atoms with van der Waals surface area (Å²) >= 11 is 0. The fourth-order valence-corrected chi connectivity index (χ4v) is 2.49. The fraction of sp³-hybridized carbons (Fsp3) is 0.278. The highest BCUT2D eigenvalue weighted by molar-refractivity contribution is 5.77. The van der Waals surface area contributed by atoms with Gasteiger partial charge in [-0.1, -0.05) is 12.1 Å². The molecule has 0 saturated carbocycles. The molecule has 1 unspecified atom stereocenters. The Morgan fingerprint density at radius 1 is 1.22 bits per heavy atom. The molecule has 1 N–H and O–H groups in total. The lowest BCUT2D eigenvalue weighted by molar-refractivity contribution is 0.0914. The minimum atomic E-state index is -0.756. The van der Waals surface area contributed by atoms with Crippen LogP contribution < -0.4 is 4.74 Å². The summed E-state index contributed by atoms with van der Waals surface area (Å²) in [6, 6.07) is 10.3. The van der Waals surface area contributed by atoms with Crippen molar-refractivity contribution in [1.82, 2.24) is 9.55 Å². The first-order chi connectivity index (χ1) is 11.0. The van der Waals surface area contributed by atoms with Crippen LogP contribution in [-0.2, 0) is 6.54 Å². The first-order valence-electron chi connectivity index (χ1n) is 7.52. The summed E-state index contributed by atoms with van der Waals surface area (Å²) in [7, 11) is 0. The molecule has 0 aliphatic heterocycles. The average molecular weight is 314 g/mol. The van der Waals surface area contributed by atoms with Crippen molar-refractivity contribution in [3.63, 3.8) is 0 Å². The second-order valence-electron chi connectivity index (χ2n) is 5.72. The number of aromatic nitrogens is 2. The van der Waals surface area contributed by atoms with Crippen LogP contribution in [0.25, 0.3) is 11.0 Å². The number of para-hydroxylation sites is 1. The van der Waals surface area contributed by atoms with Gasteiger partial charge in [0.2, 0.25) is 0 Å². The molecule has 1 aromatic heterocycles. The van der Waals surface area contributed by atoms with E-state index in [1.165, 1.54) is 17.2 Å². The largest absolute Gasteiger partial charge is 0.488 e. The van der Waals surface area contributed by atoms with Gasteiger partial charge in [0, 0.05) is 0 Å². The van der Waals surface area contributed by atoms with Gasteiger partial charge in [0.15, 0.2) is 11.6 Å². The number of aryl methyl sites for hydroxylation is 2. The molecule has 0 saturated heterocycles. The van der Waals surface area contributed by atoms with Gasteiger partial charge < -0.3 is 14.4 Å². The van der Waals surface area contributed by atoms with Crippen molar-refractivity contribution < 1.29 is 14.2 Å². The Balaban J connectivity index is 1.69. The molecule has 2 aromatic carbocycles. The summed E-state index contributed by atoms with van der Waals surface area (Å²) in [5.74, 6) is -0.285. The summed E-state index contributed by atoms with van der Waals surface area (Å²) < 4.78 is 20.7. The van der Waals surface area contributed by atoms with Gasteiger partial charge in [-0.15, -0.1) is 0 Å². The number of hydrogen-bond acceptors (Lipinski definition) is 3. The van der Waals surface area contributed by atoms with Crippen LogP contribution in [0.5, 0.6) is 5.75 Å². The zero-order chi connectivity index (χ0) is 16.4. The smallest absolute Gasteiger partial charge is 0.165 e. The Kier molecular flexibility index (Phi) is 4.30. The molecule has 0 aliphatic carbocycles. The first kappa shape index (κ1) is 15.5. The number of nitrogens with zero attached hydrogens (tertiary/aromatic N) is 2. The standard InChI is InChI=1S/C18H19FN2O2/c1-12-7-16-17(8-13(12)2)21(11-20-16)9-14(22)10-23-18-6-4-3-5-15(18)19/h3-8,11,14,22H,9-10H2,1-2H3. The maximum atomic E-state index is 13.5. The number of halogens is 1. The second-order valence-corrected chi connectivity index (χ2v) is 5.72. The van der Waals surface area contributed by atoms with Gasteiger partial charge in [0.25, 0.3) is 0 Å². The van der Waals surface area contributed by atoms with Crippen LogP contribution >= 0.6 is 0 Å². The summed E-state index contributed by atoms with van der Waals surface area (Å²) in [5, 5.41) is 10.2. The molecule has 120 valence electrons. The number of aliphatic hydroxyl groups is 1. The van der Waals surface area contributed by atoms with Gasteiger partial charge in [-0.3, -0.25) is 0 Å². The Morgan fingerprint density at radius 2 is 1.96 bits per heavy atom. The molecule has 0 spiro atoms. The second kappa shape index (κ2) is 6.38. The van der Waals surface area contributed by atoms with Gasteiger partial charge in [-0.05, 0) is 49.2 Å². The van der Waals surface area contributed by atoms with Crippen molar-refractivity contribution in [3.8, 4) is 5.75 Å². The lowest BCUT2D eigenvalue weighted by Crippen LogP contribution is -2.23. The maximum Gasteiger partial charge on any atom is 0.165 e. The minimum Gasteiger partial charge on any atom is -0.488 e. The lowest BCUT2D eigenvalue weighted by Gasteiger charge is -2.14. The van der Waals surface area contributed by atoms with Gasteiger partial charge in [-0.2, -0.15) is 0 Å². The monoisotopic (exact) mass is 314 g/mol. The molecular formula is C18H19FN2O2. The summed E-state index contributed by atoms with van der Waals surface area (Å²) in [5.41, 5.74) is 4.23. The predicted octanol–water partition coefficient (Wildman–Crippen LogP) is 3.23. The molecule has 0 aliphatic rings. The fourth-order valence-electron chi connectivity index (χ4n) is 2.49. The molecule has 1 atom stereocenters. The molecule has 0 amide bonds. The van der Waals surface area contributed by atoms with Crippen LogP contribution in [0.4, 0.5) is 4.39 Å². The Bertz CT molecular complexity index is 829. The van der Waals surface area contributed by atoms with Crippen molar-refractivity contribution in [1.29, 1.82) is 0 Å². The van der Waals surface area contributed by atoms with E-state index in [0.717, 1.165) is 11.0 Å². The third kappa shape index (κ3) is 3.35. The van der Waals surface area contributed by atoms with E-state index in [2.05, 4.69) is 11.1 Å². The third-order valence-electron chi connectivity index (χ3n) is 3.91. The van der Waals surface area contributed by atoms with E-state index in [1.54, 1.807) is 24.5 Å². The zero-order valence-corrected chi connectivity index (χ0v) is 13.2. The predicted molar refractivity (Wildman–Crippen MR) is 87.1 cm³/mol. The van der Waals surface area contributed by atoms with Gasteiger partial charge >= 0.3 is 0 Å². The van der Waals surface area contributed by atoms with Crippen LogP contribution in [-0.4, -0.2) is 27.4 Å². The van der Waals surface area contributed by atoms with Crippen LogP contribution in [0.15, 0.2) is 42.7 Å². The van der Waals surface area contributed by atoms with Crippen molar-refractivity contribution in [2.45, 2.75) is 26.5 Å². The number of hydrogen-bond donors (Lipinski definition) is 1. The van der Waals surface area contributed by atoms with E-state index in [9.17, 15) is 9.50 Å². The normalized spacial score (nSPS) is 12.5. The van der Waals surface area contributed by atoms with E-state index in [4.69, 9.17) is 4.74 Å². The van der Waals surface area contributed by atoms with Crippen LogP contribution in [0.1, 0.15) is 11.1 Å². The number of benzene rings is 2. The zero-order valence-electron chi connectivity index (χ0n) is 13.2. The minimum absolute atomic E-state index is 0.0193. The molecule has 1 heterocycles. The number of rotatable bonds is 5. The van der Waals surface area contributed by atoms with Crippen molar-refractivity contribution in [2.24, 2.45) is 0 Å². The Hall–Kier alpha value is -2.40. The van der Waals surface area contributed by atoms with Gasteiger partial charge in [-0.25, -0.2) is 9.37 Å². The Labute approximate surface area is 134 Å². The summed E-state index contributed by atoms with van der Waals surface area (Å²) in [6.45, 7) is 4.45. The van der Waals surface area contributed by atoms with E-state index < -0.39 is 11.9 Å². The third-order valence-corrected chi connectivity index (χ3v) is 3.91. The van der Waals surface area contributed by atoms with Gasteiger partial charge in [0.1, 0.15) is 12.7 Å². The van der Waals surface area contributed by atoms with E-state index in [0.29, 0.717) is 6.54 Å². The van der Waals surface area contributed by atoms with Crippen LogP contribution in [0.2, 0.25) is 0 Å². The highest BCUT2D eigenvalue weighted by Gasteiger charge is 2.11. The lowest BCUT2D eigenvalue weighted by atomic mass is 10.1. The highest BCUT2D eigenvalue weighted by Crippen LogP contribution is 2.19. The van der Waals surface area contributed by atoms with E-state index >= 15 is 0 Å². The number of aliphatic hydroxyl groups excluding tert-OH is 1. The number of imidazole rings is 1. The Morgan fingerprint density at radius 3 is 2.74 bits per heavy atom. The molecule has 3 aromatic rings. The highest BCUT2D eigenvalue weighted by atomic mass is 19.1. The molecule has 5 heteroatoms. The molecule has 0 radical (unpaired) electrons. The van der Waals surface area contributed by atoms with Crippen LogP contribution in [0.3, 0.4) is 0 Å². The SMILES string of the molecule is Cc1cc2ncn(CC(O)COc3ccccc3F)c2cc1C. The van der Waals surface area contributed by atoms with E-state index in [-0.39, 0.29) is 12.4 Å². The molecule has 0 fully saturated rings. The first-order valence-corrected chi connectivity index (χ1v) is 7.52. The number of ether oxygens (including phenoxy) is 1. The molecule has 0 bridgehead atoms. The summed E-state index contributed by atoms with van der Waals surface area (Å²) in [6.07, 6.45) is 0.948. The molecule has 3 rings (SSSR count). The average Bonchev–Trinajstić information content (AvgIpc) is 2.89. The molecule has 23 heavy (non-hydrogen) atoms. The molecular weight excluding hydrogens is 295 g/mol.